The number of ether oxygens (including phenoxy) is 3. The van der Waals surface area contributed by atoms with Crippen LogP contribution in [0.1, 0.15) is 51.7 Å². The van der Waals surface area contributed by atoms with Gasteiger partial charge in [0.25, 0.3) is 0 Å². The van der Waals surface area contributed by atoms with Crippen LogP contribution in [0.2, 0.25) is 0 Å². The summed E-state index contributed by atoms with van der Waals surface area (Å²) in [6.07, 6.45) is 3.85. The molecule has 0 aromatic heterocycles. The summed E-state index contributed by atoms with van der Waals surface area (Å²) in [6.45, 7) is 7.41. The molecule has 4 aliphatic carbocycles. The molecule has 0 radical (unpaired) electrons. The van der Waals surface area contributed by atoms with Crippen molar-refractivity contribution in [2.75, 3.05) is 13.7 Å². The summed E-state index contributed by atoms with van der Waals surface area (Å²) < 4.78 is 17.2. The van der Waals surface area contributed by atoms with Gasteiger partial charge < -0.3 is 29.5 Å². The zero-order chi connectivity index (χ0) is 33.2. The van der Waals surface area contributed by atoms with Crippen LogP contribution in [0.25, 0.3) is 0 Å². The molecule has 0 bridgehead atoms. The molecule has 0 spiro atoms. The van der Waals surface area contributed by atoms with Crippen LogP contribution in [0.15, 0.2) is 71.8 Å². The first-order valence-corrected chi connectivity index (χ1v) is 15.8. The number of methoxy groups -OCH3 is 1. The zero-order valence-electron chi connectivity index (χ0n) is 26.9. The predicted octanol–water partition coefficient (Wildman–Crippen LogP) is 4.26. The van der Waals surface area contributed by atoms with Crippen LogP contribution in [0.3, 0.4) is 0 Å². The molecule has 0 saturated heterocycles. The standard InChI is InChI=1S/C37H42O9/c1-21-13-29-35(42,33(21)41)19-25(20-45-30(39)17-24-11-12-27(38)28(15-24)44-5)14-26-32-34(3,4)36(32,18-22(2)37(26,29)43)46-31(40)16-23-9-7-6-8-10-23/h6-15,22,26,29,32,38,42-43H,16-20H2,1-5H3/t22-,26+,29-,32-,35-,36+,37-/m1/s1. The number of benzene rings is 2. The van der Waals surface area contributed by atoms with Gasteiger partial charge in [-0.15, -0.1) is 0 Å². The third-order valence-electron chi connectivity index (χ3n) is 11.2. The maximum absolute atomic E-state index is 13.5. The number of fused-ring (bicyclic) bond motifs is 5. The van der Waals surface area contributed by atoms with Gasteiger partial charge in [0.1, 0.15) is 17.8 Å². The van der Waals surface area contributed by atoms with Gasteiger partial charge in [0.05, 0.1) is 25.6 Å². The van der Waals surface area contributed by atoms with E-state index in [2.05, 4.69) is 0 Å². The molecule has 9 heteroatoms. The Bertz CT molecular complexity index is 1640. The van der Waals surface area contributed by atoms with Crippen molar-refractivity contribution in [2.24, 2.45) is 29.1 Å². The second-order valence-corrected chi connectivity index (χ2v) is 14.2. The van der Waals surface area contributed by atoms with Crippen molar-refractivity contribution in [1.82, 2.24) is 0 Å². The lowest BCUT2D eigenvalue weighted by molar-refractivity contribution is -0.186. The number of aromatic hydroxyl groups is 1. The average molecular weight is 631 g/mol. The summed E-state index contributed by atoms with van der Waals surface area (Å²) in [5.41, 5.74) is -2.47. The fourth-order valence-corrected chi connectivity index (χ4v) is 8.81. The van der Waals surface area contributed by atoms with Gasteiger partial charge in [0, 0.05) is 29.6 Å². The molecule has 0 unspecified atom stereocenters. The number of phenols is 1. The highest BCUT2D eigenvalue weighted by molar-refractivity contribution is 6.04. The summed E-state index contributed by atoms with van der Waals surface area (Å²) >= 11 is 0. The van der Waals surface area contributed by atoms with Gasteiger partial charge in [0.2, 0.25) is 0 Å². The number of phenolic OH excluding ortho intramolecular Hbond substituents is 1. The van der Waals surface area contributed by atoms with E-state index in [1.807, 2.05) is 57.2 Å². The van der Waals surface area contributed by atoms with Gasteiger partial charge in [-0.1, -0.05) is 69.3 Å². The van der Waals surface area contributed by atoms with Crippen LogP contribution >= 0.6 is 0 Å². The Kier molecular flexibility index (Phi) is 7.72. The highest BCUT2D eigenvalue weighted by Crippen LogP contribution is 2.76. The molecule has 0 heterocycles. The second-order valence-electron chi connectivity index (χ2n) is 14.2. The van der Waals surface area contributed by atoms with Crippen molar-refractivity contribution in [3.63, 3.8) is 0 Å². The fourth-order valence-electron chi connectivity index (χ4n) is 8.81. The van der Waals surface area contributed by atoms with Crippen molar-refractivity contribution >= 4 is 17.7 Å². The number of rotatable bonds is 8. The van der Waals surface area contributed by atoms with Gasteiger partial charge in [-0.2, -0.15) is 0 Å². The van der Waals surface area contributed by atoms with Crippen molar-refractivity contribution in [3.05, 3.63) is 83.0 Å². The van der Waals surface area contributed by atoms with Crippen LogP contribution in [0, 0.1) is 29.1 Å². The van der Waals surface area contributed by atoms with Crippen molar-refractivity contribution < 1.29 is 43.9 Å². The molecule has 4 aliphatic rings. The zero-order valence-corrected chi connectivity index (χ0v) is 26.9. The van der Waals surface area contributed by atoms with E-state index in [-0.39, 0.29) is 49.3 Å². The highest BCUT2D eigenvalue weighted by atomic mass is 16.6. The molecule has 2 fully saturated rings. The summed E-state index contributed by atoms with van der Waals surface area (Å²) in [5.74, 6) is -3.40. The Balaban J connectivity index is 1.30. The molecule has 9 nitrogen and oxygen atoms in total. The number of aliphatic hydroxyl groups is 2. The number of Topliss-reactive ketones (excluding diaryl/α,β-unsaturated/α-hetero) is 1. The first-order chi connectivity index (χ1) is 21.7. The Hall–Kier alpha value is -3.95. The molecule has 3 N–H and O–H groups in total. The summed E-state index contributed by atoms with van der Waals surface area (Å²) in [6, 6.07) is 14.0. The Morgan fingerprint density at radius 3 is 2.37 bits per heavy atom. The predicted molar refractivity (Wildman–Crippen MR) is 168 cm³/mol. The quantitative estimate of drug-likeness (QED) is 0.288. The van der Waals surface area contributed by atoms with E-state index in [4.69, 9.17) is 14.2 Å². The van der Waals surface area contributed by atoms with Gasteiger partial charge in [-0.25, -0.2) is 0 Å². The van der Waals surface area contributed by atoms with E-state index in [0.717, 1.165) is 5.56 Å². The van der Waals surface area contributed by atoms with Crippen LogP contribution < -0.4 is 4.74 Å². The Labute approximate surface area is 268 Å². The molecule has 2 aromatic carbocycles. The third-order valence-corrected chi connectivity index (χ3v) is 11.2. The highest BCUT2D eigenvalue weighted by Gasteiger charge is 2.83. The van der Waals surface area contributed by atoms with E-state index in [1.54, 1.807) is 25.1 Å². The van der Waals surface area contributed by atoms with E-state index in [9.17, 15) is 29.7 Å². The van der Waals surface area contributed by atoms with E-state index in [1.165, 1.54) is 13.2 Å². The maximum atomic E-state index is 13.5. The van der Waals surface area contributed by atoms with E-state index < -0.39 is 51.7 Å². The first kappa shape index (κ1) is 32.0. The largest absolute Gasteiger partial charge is 0.504 e. The van der Waals surface area contributed by atoms with Gasteiger partial charge >= 0.3 is 11.9 Å². The van der Waals surface area contributed by atoms with Crippen molar-refractivity contribution in [3.8, 4) is 11.5 Å². The van der Waals surface area contributed by atoms with Crippen molar-refractivity contribution in [1.29, 1.82) is 0 Å². The maximum Gasteiger partial charge on any atom is 0.310 e. The minimum Gasteiger partial charge on any atom is -0.504 e. The second kappa shape index (κ2) is 11.1. The third kappa shape index (κ3) is 4.86. The number of carbonyl (C=O) groups is 3. The smallest absolute Gasteiger partial charge is 0.310 e. The van der Waals surface area contributed by atoms with Gasteiger partial charge in [0.15, 0.2) is 17.3 Å². The lowest BCUT2D eigenvalue weighted by atomic mass is 9.60. The monoisotopic (exact) mass is 630 g/mol. The lowest BCUT2D eigenvalue weighted by Crippen LogP contribution is -2.61. The molecule has 244 valence electrons. The van der Waals surface area contributed by atoms with Crippen LogP contribution in [-0.2, 0) is 36.7 Å². The summed E-state index contributed by atoms with van der Waals surface area (Å²) in [7, 11) is 1.42. The van der Waals surface area contributed by atoms with Crippen LogP contribution in [0.4, 0.5) is 0 Å². The van der Waals surface area contributed by atoms with E-state index >= 15 is 0 Å². The molecule has 0 aliphatic heterocycles. The van der Waals surface area contributed by atoms with E-state index in [0.29, 0.717) is 23.1 Å². The Morgan fingerprint density at radius 2 is 1.67 bits per heavy atom. The van der Waals surface area contributed by atoms with Crippen LogP contribution in [0.5, 0.6) is 11.5 Å². The normalized spacial score (nSPS) is 33.8. The SMILES string of the molecule is COc1cc(CC(=O)OCC2=C[C@H]3[C@@H]4C(C)(C)[C@]4(OC(=O)Cc4ccccc4)C[C@@H](C)[C@]3(O)[C@@H]3C=C(C)C(=O)[C@@]3(O)C2)ccc1O. The molecule has 6 rings (SSSR count). The topological polar surface area (TPSA) is 140 Å². The minimum absolute atomic E-state index is 0.0461. The molecular weight excluding hydrogens is 588 g/mol. The fraction of sp³-hybridized carbons (Fsp3) is 0.486. The molecule has 7 atom stereocenters. The Morgan fingerprint density at radius 1 is 0.978 bits per heavy atom. The lowest BCUT2D eigenvalue weighted by Gasteiger charge is -2.50. The van der Waals surface area contributed by atoms with Crippen molar-refractivity contribution in [2.45, 2.75) is 70.2 Å². The number of hydrogen-bond donors (Lipinski definition) is 3. The molecule has 46 heavy (non-hydrogen) atoms. The first-order valence-electron chi connectivity index (χ1n) is 15.8. The average Bonchev–Trinajstić information content (AvgIpc) is 3.41. The molecule has 0 amide bonds. The number of esters is 2. The van der Waals surface area contributed by atoms with Gasteiger partial charge in [-0.05, 0) is 53.7 Å². The van der Waals surface area contributed by atoms with Crippen LogP contribution in [-0.4, -0.2) is 63.6 Å². The molecule has 2 saturated carbocycles. The summed E-state index contributed by atoms with van der Waals surface area (Å²) in [4.78, 5) is 39.7. The number of carbonyl (C=O) groups excluding carboxylic acids is 3. The summed E-state index contributed by atoms with van der Waals surface area (Å²) in [5, 5.41) is 34.6. The minimum atomic E-state index is -1.91. The molecule has 2 aromatic rings. The van der Waals surface area contributed by atoms with Gasteiger partial charge in [-0.3, -0.25) is 14.4 Å². The number of ketones is 1. The number of hydrogen-bond acceptors (Lipinski definition) is 9. The molecular formula is C37H42O9.